The maximum Gasteiger partial charge on any atom is 0.336 e. The van der Waals surface area contributed by atoms with Gasteiger partial charge in [-0.25, -0.2) is 9.78 Å². The highest BCUT2D eigenvalue weighted by Crippen LogP contribution is 2.29. The van der Waals surface area contributed by atoms with Crippen LogP contribution in [0.15, 0.2) is 66.7 Å². The van der Waals surface area contributed by atoms with Crippen LogP contribution in [-0.2, 0) is 17.8 Å². The van der Waals surface area contributed by atoms with Crippen molar-refractivity contribution in [2.75, 3.05) is 11.4 Å². The Bertz CT molecular complexity index is 1390. The van der Waals surface area contributed by atoms with Crippen LogP contribution in [0.1, 0.15) is 54.4 Å². The number of hydrogen-bond donors (Lipinski definition) is 1. The molecule has 3 aromatic carbocycles. The van der Waals surface area contributed by atoms with Gasteiger partial charge in [0.15, 0.2) is 0 Å². The summed E-state index contributed by atoms with van der Waals surface area (Å²) in [5, 5.41) is 9.54. The molecule has 6 nitrogen and oxygen atoms in total. The second kappa shape index (κ2) is 9.74. The number of carbonyl (C=O) groups excluding carboxylic acids is 1. The Labute approximate surface area is 204 Å². The van der Waals surface area contributed by atoms with Gasteiger partial charge < -0.3 is 14.6 Å². The van der Waals surface area contributed by atoms with E-state index in [4.69, 9.17) is 4.98 Å². The summed E-state index contributed by atoms with van der Waals surface area (Å²) in [5.74, 6) is 0.299. The summed E-state index contributed by atoms with van der Waals surface area (Å²) < 4.78 is 2.26. The number of aromatic nitrogens is 2. The van der Waals surface area contributed by atoms with E-state index in [1.807, 2.05) is 41.3 Å². The standard InChI is InChI=1S/C29H29N3O3/c1-2-3-9-27-30-25-16-15-22(31-17-6-10-28(31)33)18-26(25)32(27)19-20-11-13-21(14-12-20)23-7-4-5-8-24(23)29(34)35/h4-5,7-8,11-16,18H,2-3,6,9-10,17,19H2,1H3,(H,34,35). The zero-order chi connectivity index (χ0) is 24.4. The molecule has 1 aromatic heterocycles. The Hall–Kier alpha value is -3.93. The second-order valence-electron chi connectivity index (χ2n) is 9.09. The molecule has 1 aliphatic heterocycles. The smallest absolute Gasteiger partial charge is 0.336 e. The lowest BCUT2D eigenvalue weighted by atomic mass is 9.99. The molecule has 6 heteroatoms. The summed E-state index contributed by atoms with van der Waals surface area (Å²) in [6, 6.07) is 21.3. The van der Waals surface area contributed by atoms with Crippen LogP contribution in [0.3, 0.4) is 0 Å². The number of nitrogens with zero attached hydrogens (tertiary/aromatic N) is 3. The largest absolute Gasteiger partial charge is 0.478 e. The van der Waals surface area contributed by atoms with E-state index < -0.39 is 5.97 Å². The average Bonchev–Trinajstić information content (AvgIpc) is 3.46. The van der Waals surface area contributed by atoms with E-state index in [9.17, 15) is 14.7 Å². The van der Waals surface area contributed by atoms with Gasteiger partial charge in [-0.2, -0.15) is 0 Å². The van der Waals surface area contributed by atoms with Crippen LogP contribution in [0.4, 0.5) is 5.69 Å². The first-order valence-electron chi connectivity index (χ1n) is 12.3. The van der Waals surface area contributed by atoms with Crippen molar-refractivity contribution in [1.29, 1.82) is 0 Å². The van der Waals surface area contributed by atoms with Gasteiger partial charge in [0.1, 0.15) is 5.82 Å². The highest BCUT2D eigenvalue weighted by atomic mass is 16.4. The summed E-state index contributed by atoms with van der Waals surface area (Å²) in [7, 11) is 0. The number of unbranched alkanes of at least 4 members (excludes halogenated alkanes) is 1. The third-order valence-corrected chi connectivity index (χ3v) is 6.71. The lowest BCUT2D eigenvalue weighted by molar-refractivity contribution is -0.117. The SMILES string of the molecule is CCCCc1nc2ccc(N3CCCC3=O)cc2n1Cc1ccc(-c2ccccc2C(=O)O)cc1. The predicted molar refractivity (Wildman–Crippen MR) is 138 cm³/mol. The van der Waals surface area contributed by atoms with Crippen LogP contribution >= 0.6 is 0 Å². The van der Waals surface area contributed by atoms with Gasteiger partial charge in [-0.1, -0.05) is 55.8 Å². The molecule has 1 saturated heterocycles. The molecule has 2 heterocycles. The van der Waals surface area contributed by atoms with E-state index in [2.05, 4.69) is 29.7 Å². The molecular formula is C29H29N3O3. The Morgan fingerprint density at radius 1 is 1.06 bits per heavy atom. The molecule has 0 aliphatic carbocycles. The van der Waals surface area contributed by atoms with Crippen molar-refractivity contribution in [3.63, 3.8) is 0 Å². The molecule has 178 valence electrons. The number of imidazole rings is 1. The number of anilines is 1. The molecule has 1 amide bonds. The monoisotopic (exact) mass is 467 g/mol. The number of carboxylic acids is 1. The molecule has 0 spiro atoms. The van der Waals surface area contributed by atoms with Crippen LogP contribution in [0.5, 0.6) is 0 Å². The Balaban J connectivity index is 1.49. The van der Waals surface area contributed by atoms with Gasteiger partial charge in [0, 0.05) is 31.6 Å². The first-order chi connectivity index (χ1) is 17.0. The zero-order valence-corrected chi connectivity index (χ0v) is 19.9. The number of carbonyl (C=O) groups is 2. The topological polar surface area (TPSA) is 75.4 Å². The van der Waals surface area contributed by atoms with Crippen LogP contribution < -0.4 is 4.90 Å². The third-order valence-electron chi connectivity index (χ3n) is 6.71. The number of amides is 1. The van der Waals surface area contributed by atoms with E-state index in [0.717, 1.165) is 65.9 Å². The number of benzene rings is 3. The number of rotatable bonds is 8. The van der Waals surface area contributed by atoms with Crippen molar-refractivity contribution in [2.24, 2.45) is 0 Å². The van der Waals surface area contributed by atoms with Crippen molar-refractivity contribution in [2.45, 2.75) is 45.6 Å². The van der Waals surface area contributed by atoms with Gasteiger partial charge in [0.05, 0.1) is 16.6 Å². The summed E-state index contributed by atoms with van der Waals surface area (Å²) in [6.07, 6.45) is 4.55. The zero-order valence-electron chi connectivity index (χ0n) is 19.9. The normalized spacial score (nSPS) is 13.6. The molecule has 0 bridgehead atoms. The summed E-state index contributed by atoms with van der Waals surface area (Å²) in [5.41, 5.74) is 5.91. The molecule has 4 aromatic rings. The molecule has 0 atom stereocenters. The Morgan fingerprint density at radius 2 is 1.86 bits per heavy atom. The predicted octanol–water partition coefficient (Wildman–Crippen LogP) is 5.92. The lowest BCUT2D eigenvalue weighted by Crippen LogP contribution is -2.23. The van der Waals surface area contributed by atoms with Crippen LogP contribution in [0, 0.1) is 0 Å². The Kier molecular flexibility index (Phi) is 6.36. The summed E-state index contributed by atoms with van der Waals surface area (Å²) in [6.45, 7) is 3.60. The maximum atomic E-state index is 12.3. The highest BCUT2D eigenvalue weighted by Gasteiger charge is 2.23. The second-order valence-corrected chi connectivity index (χ2v) is 9.09. The minimum Gasteiger partial charge on any atom is -0.478 e. The average molecular weight is 468 g/mol. The van der Waals surface area contributed by atoms with E-state index in [1.165, 1.54) is 0 Å². The number of carboxylic acid groups (broad SMARTS) is 1. The molecule has 5 rings (SSSR count). The van der Waals surface area contributed by atoms with E-state index in [0.29, 0.717) is 24.1 Å². The van der Waals surface area contributed by atoms with Gasteiger partial charge >= 0.3 is 5.97 Å². The maximum absolute atomic E-state index is 12.3. The van der Waals surface area contributed by atoms with Gasteiger partial charge in [0.2, 0.25) is 5.91 Å². The molecule has 0 unspecified atom stereocenters. The molecule has 1 aliphatic rings. The molecule has 1 N–H and O–H groups in total. The number of hydrogen-bond acceptors (Lipinski definition) is 3. The van der Waals surface area contributed by atoms with Crippen molar-refractivity contribution in [1.82, 2.24) is 9.55 Å². The van der Waals surface area contributed by atoms with E-state index in [-0.39, 0.29) is 5.91 Å². The van der Waals surface area contributed by atoms with E-state index in [1.54, 1.807) is 12.1 Å². The van der Waals surface area contributed by atoms with Crippen LogP contribution in [-0.4, -0.2) is 33.1 Å². The minimum atomic E-state index is -0.928. The molecule has 35 heavy (non-hydrogen) atoms. The number of aryl methyl sites for hydroxylation is 1. The summed E-state index contributed by atoms with van der Waals surface area (Å²) >= 11 is 0. The number of fused-ring (bicyclic) bond motifs is 1. The number of aromatic carboxylic acids is 1. The van der Waals surface area contributed by atoms with Gasteiger partial charge in [-0.15, -0.1) is 0 Å². The molecule has 0 saturated carbocycles. The van der Waals surface area contributed by atoms with Crippen molar-refractivity contribution >= 4 is 28.6 Å². The quantitative estimate of drug-likeness (QED) is 0.349. The van der Waals surface area contributed by atoms with Gasteiger partial charge in [-0.05, 0) is 53.8 Å². The minimum absolute atomic E-state index is 0.179. The molecule has 1 fully saturated rings. The Morgan fingerprint density at radius 3 is 2.57 bits per heavy atom. The fourth-order valence-electron chi connectivity index (χ4n) is 4.85. The van der Waals surface area contributed by atoms with Gasteiger partial charge in [0.25, 0.3) is 0 Å². The molecule has 0 radical (unpaired) electrons. The summed E-state index contributed by atoms with van der Waals surface area (Å²) in [4.78, 5) is 30.7. The van der Waals surface area contributed by atoms with Crippen LogP contribution in [0.25, 0.3) is 22.2 Å². The third kappa shape index (κ3) is 4.56. The highest BCUT2D eigenvalue weighted by molar-refractivity contribution is 5.97. The fraction of sp³-hybridized carbons (Fsp3) is 0.276. The van der Waals surface area contributed by atoms with Crippen molar-refractivity contribution < 1.29 is 14.7 Å². The first kappa shape index (κ1) is 22.8. The van der Waals surface area contributed by atoms with Crippen molar-refractivity contribution in [3.05, 3.63) is 83.7 Å². The van der Waals surface area contributed by atoms with Crippen molar-refractivity contribution in [3.8, 4) is 11.1 Å². The van der Waals surface area contributed by atoms with Crippen LogP contribution in [0.2, 0.25) is 0 Å². The van der Waals surface area contributed by atoms with E-state index >= 15 is 0 Å². The first-order valence-corrected chi connectivity index (χ1v) is 12.3. The molecular weight excluding hydrogens is 438 g/mol. The van der Waals surface area contributed by atoms with Gasteiger partial charge in [-0.3, -0.25) is 4.79 Å². The lowest BCUT2D eigenvalue weighted by Gasteiger charge is -2.16. The fourth-order valence-corrected chi connectivity index (χ4v) is 4.85.